The Morgan fingerprint density at radius 2 is 2.00 bits per heavy atom. The molecular weight excluding hydrogens is 292 g/mol. The number of hydrogen-bond acceptors (Lipinski definition) is 4. The average Bonchev–Trinajstić information content (AvgIpc) is 2.60. The number of methoxy groups -OCH3 is 1. The van der Waals surface area contributed by atoms with Gasteiger partial charge in [-0.1, -0.05) is 24.8 Å². The van der Waals surface area contributed by atoms with Crippen LogP contribution in [-0.2, 0) is 6.61 Å². The summed E-state index contributed by atoms with van der Waals surface area (Å²) in [6.45, 7) is 4.63. The fourth-order valence-corrected chi connectivity index (χ4v) is 2.54. The number of carbonyl (C=O) groups excluding carboxylic acids is 1. The highest BCUT2D eigenvalue weighted by atomic mass is 16.5. The standard InChI is InChI=1S/C19H18O4/c1-3-15-18(9-8-16-17(20)10-11-22-19(15)16)23-12-13-4-6-14(21-2)7-5-13/h3-9H,1,10-12H2,2H3. The van der Waals surface area contributed by atoms with E-state index in [2.05, 4.69) is 6.58 Å². The van der Waals surface area contributed by atoms with Gasteiger partial charge in [-0.05, 0) is 29.8 Å². The molecule has 0 spiro atoms. The summed E-state index contributed by atoms with van der Waals surface area (Å²) in [4.78, 5) is 11.9. The van der Waals surface area contributed by atoms with Crippen molar-refractivity contribution in [3.63, 3.8) is 0 Å². The second-order valence-electron chi connectivity index (χ2n) is 5.22. The first kappa shape index (κ1) is 15.2. The molecule has 23 heavy (non-hydrogen) atoms. The van der Waals surface area contributed by atoms with Crippen LogP contribution in [0.15, 0.2) is 43.0 Å². The third-order valence-corrected chi connectivity index (χ3v) is 3.79. The van der Waals surface area contributed by atoms with E-state index in [-0.39, 0.29) is 5.78 Å². The maximum Gasteiger partial charge on any atom is 0.170 e. The fraction of sp³-hybridized carbons (Fsp3) is 0.211. The highest BCUT2D eigenvalue weighted by Gasteiger charge is 2.22. The lowest BCUT2D eigenvalue weighted by Crippen LogP contribution is -2.16. The monoisotopic (exact) mass is 310 g/mol. The Morgan fingerprint density at radius 1 is 1.22 bits per heavy atom. The van der Waals surface area contributed by atoms with Crippen LogP contribution in [0.1, 0.15) is 27.9 Å². The Balaban J connectivity index is 1.82. The number of rotatable bonds is 5. The van der Waals surface area contributed by atoms with E-state index in [1.165, 1.54) is 0 Å². The van der Waals surface area contributed by atoms with Crippen LogP contribution in [0.3, 0.4) is 0 Å². The highest BCUT2D eigenvalue weighted by Crippen LogP contribution is 2.36. The minimum absolute atomic E-state index is 0.0936. The van der Waals surface area contributed by atoms with Gasteiger partial charge in [0, 0.05) is 6.42 Å². The van der Waals surface area contributed by atoms with Gasteiger partial charge in [-0.15, -0.1) is 0 Å². The van der Waals surface area contributed by atoms with Gasteiger partial charge in [-0.3, -0.25) is 4.79 Å². The lowest BCUT2D eigenvalue weighted by Gasteiger charge is -2.20. The van der Waals surface area contributed by atoms with E-state index in [4.69, 9.17) is 14.2 Å². The zero-order chi connectivity index (χ0) is 16.2. The van der Waals surface area contributed by atoms with Crippen LogP contribution in [0.5, 0.6) is 17.2 Å². The van der Waals surface area contributed by atoms with Crippen LogP contribution in [0.25, 0.3) is 6.08 Å². The Kier molecular flexibility index (Phi) is 4.33. The predicted molar refractivity (Wildman–Crippen MR) is 88.3 cm³/mol. The molecule has 4 heteroatoms. The molecule has 2 aromatic carbocycles. The third-order valence-electron chi connectivity index (χ3n) is 3.79. The van der Waals surface area contributed by atoms with Gasteiger partial charge in [-0.25, -0.2) is 0 Å². The van der Waals surface area contributed by atoms with Gasteiger partial charge < -0.3 is 14.2 Å². The second-order valence-corrected chi connectivity index (χ2v) is 5.22. The lowest BCUT2D eigenvalue weighted by atomic mass is 10.0. The SMILES string of the molecule is C=Cc1c(OCc2ccc(OC)cc2)ccc2c1OCCC2=O. The number of Topliss-reactive ketones (excluding diaryl/α,β-unsaturated/α-hetero) is 1. The summed E-state index contributed by atoms with van der Waals surface area (Å²) in [5, 5.41) is 0. The van der Waals surface area contributed by atoms with Crippen LogP contribution in [-0.4, -0.2) is 19.5 Å². The zero-order valence-corrected chi connectivity index (χ0v) is 13.0. The lowest BCUT2D eigenvalue weighted by molar-refractivity contribution is 0.0933. The van der Waals surface area contributed by atoms with Crippen molar-refractivity contribution < 1.29 is 19.0 Å². The van der Waals surface area contributed by atoms with Crippen molar-refractivity contribution in [1.82, 2.24) is 0 Å². The molecular formula is C19H18O4. The Morgan fingerprint density at radius 3 is 2.70 bits per heavy atom. The maximum absolute atomic E-state index is 11.9. The molecule has 0 atom stereocenters. The minimum Gasteiger partial charge on any atom is -0.497 e. The Bertz CT molecular complexity index is 732. The van der Waals surface area contributed by atoms with Gasteiger partial charge in [-0.2, -0.15) is 0 Å². The number of ether oxygens (including phenoxy) is 3. The minimum atomic E-state index is 0.0936. The van der Waals surface area contributed by atoms with Crippen LogP contribution in [0.2, 0.25) is 0 Å². The van der Waals surface area contributed by atoms with E-state index >= 15 is 0 Å². The first-order valence-electron chi connectivity index (χ1n) is 7.44. The molecule has 0 aliphatic carbocycles. The summed E-state index contributed by atoms with van der Waals surface area (Å²) in [6.07, 6.45) is 2.08. The quantitative estimate of drug-likeness (QED) is 0.840. The molecule has 0 fully saturated rings. The van der Waals surface area contributed by atoms with Crippen molar-refractivity contribution in [3.05, 3.63) is 59.7 Å². The van der Waals surface area contributed by atoms with Gasteiger partial charge in [0.15, 0.2) is 5.78 Å². The van der Waals surface area contributed by atoms with Crippen LogP contribution in [0, 0.1) is 0 Å². The van der Waals surface area contributed by atoms with Gasteiger partial charge in [0.25, 0.3) is 0 Å². The summed E-state index contributed by atoms with van der Waals surface area (Å²) in [7, 11) is 1.64. The molecule has 0 aromatic heterocycles. The third kappa shape index (κ3) is 3.06. The smallest absolute Gasteiger partial charge is 0.170 e. The highest BCUT2D eigenvalue weighted by molar-refractivity contribution is 6.01. The summed E-state index contributed by atoms with van der Waals surface area (Å²) in [5.74, 6) is 2.13. The number of fused-ring (bicyclic) bond motifs is 1. The molecule has 0 saturated heterocycles. The Labute approximate surface area is 135 Å². The fourth-order valence-electron chi connectivity index (χ4n) is 2.54. The summed E-state index contributed by atoms with van der Waals surface area (Å²) >= 11 is 0. The van der Waals surface area contributed by atoms with Crippen LogP contribution in [0.4, 0.5) is 0 Å². The summed E-state index contributed by atoms with van der Waals surface area (Å²) in [6, 6.07) is 11.2. The zero-order valence-electron chi connectivity index (χ0n) is 13.0. The van der Waals surface area contributed by atoms with E-state index in [1.54, 1.807) is 25.3 Å². The van der Waals surface area contributed by atoms with E-state index < -0.39 is 0 Å². The molecule has 118 valence electrons. The first-order chi connectivity index (χ1) is 11.2. The van der Waals surface area contributed by atoms with E-state index in [0.717, 1.165) is 16.9 Å². The van der Waals surface area contributed by atoms with Crippen molar-refractivity contribution in [2.75, 3.05) is 13.7 Å². The molecule has 0 radical (unpaired) electrons. The van der Waals surface area contributed by atoms with Crippen LogP contribution < -0.4 is 14.2 Å². The van der Waals surface area contributed by atoms with E-state index in [1.807, 2.05) is 24.3 Å². The second kappa shape index (κ2) is 6.57. The molecule has 0 unspecified atom stereocenters. The van der Waals surface area contributed by atoms with Gasteiger partial charge in [0.05, 0.1) is 24.8 Å². The molecule has 0 saturated carbocycles. The molecule has 0 amide bonds. The molecule has 0 N–H and O–H groups in total. The average molecular weight is 310 g/mol. The number of carbonyl (C=O) groups is 1. The topological polar surface area (TPSA) is 44.8 Å². The van der Waals surface area contributed by atoms with Crippen molar-refractivity contribution in [1.29, 1.82) is 0 Å². The molecule has 2 aromatic rings. The largest absolute Gasteiger partial charge is 0.497 e. The van der Waals surface area contributed by atoms with Gasteiger partial charge in [0.2, 0.25) is 0 Å². The normalized spacial score (nSPS) is 13.0. The molecule has 4 nitrogen and oxygen atoms in total. The van der Waals surface area contributed by atoms with Crippen molar-refractivity contribution in [2.24, 2.45) is 0 Å². The summed E-state index contributed by atoms with van der Waals surface area (Å²) < 4.78 is 16.7. The maximum atomic E-state index is 11.9. The molecule has 3 rings (SSSR count). The summed E-state index contributed by atoms with van der Waals surface area (Å²) in [5.41, 5.74) is 2.35. The van der Waals surface area contributed by atoms with Crippen molar-refractivity contribution in [2.45, 2.75) is 13.0 Å². The van der Waals surface area contributed by atoms with Gasteiger partial charge >= 0.3 is 0 Å². The first-order valence-corrected chi connectivity index (χ1v) is 7.44. The van der Waals surface area contributed by atoms with E-state index in [0.29, 0.717) is 36.7 Å². The molecule has 1 heterocycles. The molecule has 0 bridgehead atoms. The number of ketones is 1. The Hall–Kier alpha value is -2.75. The number of benzene rings is 2. The van der Waals surface area contributed by atoms with Crippen molar-refractivity contribution in [3.8, 4) is 17.2 Å². The molecule has 1 aliphatic heterocycles. The van der Waals surface area contributed by atoms with Gasteiger partial charge in [0.1, 0.15) is 23.9 Å². The van der Waals surface area contributed by atoms with Crippen molar-refractivity contribution >= 4 is 11.9 Å². The predicted octanol–water partition coefficient (Wildman–Crippen LogP) is 3.88. The molecule has 1 aliphatic rings. The number of hydrogen-bond donors (Lipinski definition) is 0. The van der Waals surface area contributed by atoms with Crippen LogP contribution >= 0.6 is 0 Å². The van der Waals surface area contributed by atoms with E-state index in [9.17, 15) is 4.79 Å².